The average Bonchev–Trinajstić information content (AvgIpc) is 2.81. The number of hydrogen-bond acceptors (Lipinski definition) is 2. The number of nitrogens with one attached hydrogen (secondary N) is 1. The van der Waals surface area contributed by atoms with Crippen molar-refractivity contribution in [1.29, 1.82) is 0 Å². The van der Waals surface area contributed by atoms with E-state index in [9.17, 15) is 4.79 Å². The molecule has 2 rings (SSSR count). The van der Waals surface area contributed by atoms with Gasteiger partial charge in [-0.05, 0) is 56.0 Å². The molecule has 1 aromatic rings. The van der Waals surface area contributed by atoms with Crippen LogP contribution in [0.5, 0.6) is 0 Å². The SMILES string of the molecule is Cc1cc(Br)ccc1NC(=O)[C@@H]1CCC[C@@H]1CN. The van der Waals surface area contributed by atoms with Gasteiger partial charge in [-0.15, -0.1) is 0 Å². The first kappa shape index (κ1) is 13.6. The van der Waals surface area contributed by atoms with Crippen molar-refractivity contribution in [3.05, 3.63) is 28.2 Å². The first-order valence-corrected chi connectivity index (χ1v) is 7.18. The van der Waals surface area contributed by atoms with Crippen molar-refractivity contribution in [3.8, 4) is 0 Å². The Hall–Kier alpha value is -0.870. The Morgan fingerprint density at radius 3 is 2.94 bits per heavy atom. The third-order valence-electron chi connectivity index (χ3n) is 3.74. The second-order valence-electron chi connectivity index (χ2n) is 4.98. The highest BCUT2D eigenvalue weighted by atomic mass is 79.9. The van der Waals surface area contributed by atoms with Gasteiger partial charge in [0.15, 0.2) is 0 Å². The van der Waals surface area contributed by atoms with Gasteiger partial charge in [0.2, 0.25) is 5.91 Å². The van der Waals surface area contributed by atoms with E-state index in [0.29, 0.717) is 12.5 Å². The number of nitrogens with two attached hydrogens (primary N) is 1. The van der Waals surface area contributed by atoms with Crippen molar-refractivity contribution in [2.45, 2.75) is 26.2 Å². The summed E-state index contributed by atoms with van der Waals surface area (Å²) in [6, 6.07) is 5.88. The topological polar surface area (TPSA) is 55.1 Å². The summed E-state index contributed by atoms with van der Waals surface area (Å²) in [4.78, 5) is 12.2. The quantitative estimate of drug-likeness (QED) is 0.901. The molecule has 3 N–H and O–H groups in total. The lowest BCUT2D eigenvalue weighted by Crippen LogP contribution is -2.29. The first-order chi connectivity index (χ1) is 8.61. The Morgan fingerprint density at radius 1 is 1.50 bits per heavy atom. The van der Waals surface area contributed by atoms with Crippen LogP contribution in [0.25, 0.3) is 0 Å². The lowest BCUT2D eigenvalue weighted by molar-refractivity contribution is -0.120. The van der Waals surface area contributed by atoms with Crippen LogP contribution in [0.15, 0.2) is 22.7 Å². The van der Waals surface area contributed by atoms with Gasteiger partial charge in [0.05, 0.1) is 0 Å². The maximum absolute atomic E-state index is 12.2. The first-order valence-electron chi connectivity index (χ1n) is 6.39. The molecule has 1 saturated carbocycles. The van der Waals surface area contributed by atoms with E-state index in [0.717, 1.165) is 35.0 Å². The number of amides is 1. The molecule has 2 atom stereocenters. The van der Waals surface area contributed by atoms with Crippen LogP contribution in [-0.4, -0.2) is 12.5 Å². The summed E-state index contributed by atoms with van der Waals surface area (Å²) in [5.41, 5.74) is 7.68. The molecule has 0 aromatic heterocycles. The summed E-state index contributed by atoms with van der Waals surface area (Å²) in [6.45, 7) is 2.60. The number of carbonyl (C=O) groups is 1. The second-order valence-corrected chi connectivity index (χ2v) is 5.90. The van der Waals surface area contributed by atoms with E-state index < -0.39 is 0 Å². The van der Waals surface area contributed by atoms with Gasteiger partial charge in [-0.1, -0.05) is 22.4 Å². The minimum Gasteiger partial charge on any atom is -0.330 e. The molecule has 3 nitrogen and oxygen atoms in total. The van der Waals surface area contributed by atoms with Crippen molar-refractivity contribution >= 4 is 27.5 Å². The summed E-state index contributed by atoms with van der Waals surface area (Å²) >= 11 is 3.42. The third kappa shape index (κ3) is 2.93. The van der Waals surface area contributed by atoms with Crippen LogP contribution >= 0.6 is 15.9 Å². The minimum atomic E-state index is 0.0815. The van der Waals surface area contributed by atoms with Crippen LogP contribution in [0.4, 0.5) is 5.69 Å². The van der Waals surface area contributed by atoms with Crippen LogP contribution in [0.3, 0.4) is 0 Å². The van der Waals surface area contributed by atoms with Gasteiger partial charge in [-0.3, -0.25) is 4.79 Å². The van der Waals surface area contributed by atoms with Crippen LogP contribution in [0, 0.1) is 18.8 Å². The predicted octanol–water partition coefficient (Wildman–Crippen LogP) is 3.07. The number of aryl methyl sites for hydroxylation is 1. The van der Waals surface area contributed by atoms with E-state index >= 15 is 0 Å². The highest BCUT2D eigenvalue weighted by Gasteiger charge is 2.31. The molecule has 4 heteroatoms. The summed E-state index contributed by atoms with van der Waals surface area (Å²) in [5.74, 6) is 0.548. The average molecular weight is 311 g/mol. The number of anilines is 1. The molecule has 18 heavy (non-hydrogen) atoms. The molecule has 0 spiro atoms. The van der Waals surface area contributed by atoms with Gasteiger partial charge < -0.3 is 11.1 Å². The van der Waals surface area contributed by atoms with E-state index in [2.05, 4.69) is 21.2 Å². The Morgan fingerprint density at radius 2 is 2.28 bits per heavy atom. The predicted molar refractivity (Wildman–Crippen MR) is 77.4 cm³/mol. The maximum Gasteiger partial charge on any atom is 0.227 e. The molecule has 98 valence electrons. The van der Waals surface area contributed by atoms with E-state index in [1.165, 1.54) is 0 Å². The van der Waals surface area contributed by atoms with E-state index in [-0.39, 0.29) is 11.8 Å². The molecular formula is C14H19BrN2O. The minimum absolute atomic E-state index is 0.0815. The molecule has 0 heterocycles. The molecule has 0 bridgehead atoms. The van der Waals surface area contributed by atoms with Gasteiger partial charge in [0.1, 0.15) is 0 Å². The van der Waals surface area contributed by atoms with Crippen molar-refractivity contribution in [2.75, 3.05) is 11.9 Å². The highest BCUT2D eigenvalue weighted by Crippen LogP contribution is 2.32. The molecule has 1 aliphatic carbocycles. The lowest BCUT2D eigenvalue weighted by Gasteiger charge is -2.18. The maximum atomic E-state index is 12.2. The fourth-order valence-corrected chi connectivity index (χ4v) is 3.13. The molecule has 0 radical (unpaired) electrons. The van der Waals surface area contributed by atoms with E-state index in [4.69, 9.17) is 5.73 Å². The normalized spacial score (nSPS) is 23.1. The summed E-state index contributed by atoms with van der Waals surface area (Å²) < 4.78 is 1.03. The van der Waals surface area contributed by atoms with E-state index in [1.54, 1.807) is 0 Å². The summed E-state index contributed by atoms with van der Waals surface area (Å²) in [7, 11) is 0. The number of benzene rings is 1. The molecule has 0 aliphatic heterocycles. The molecule has 1 aromatic carbocycles. The van der Waals surface area contributed by atoms with Gasteiger partial charge in [-0.25, -0.2) is 0 Å². The van der Waals surface area contributed by atoms with Crippen LogP contribution in [-0.2, 0) is 4.79 Å². The van der Waals surface area contributed by atoms with Crippen molar-refractivity contribution in [3.63, 3.8) is 0 Å². The number of hydrogen-bond donors (Lipinski definition) is 2. The number of carbonyl (C=O) groups excluding carboxylic acids is 1. The highest BCUT2D eigenvalue weighted by molar-refractivity contribution is 9.10. The molecular weight excluding hydrogens is 292 g/mol. The van der Waals surface area contributed by atoms with Gasteiger partial charge in [0, 0.05) is 16.1 Å². The fourth-order valence-electron chi connectivity index (χ4n) is 2.66. The fraction of sp³-hybridized carbons (Fsp3) is 0.500. The number of halogens is 1. The van der Waals surface area contributed by atoms with E-state index in [1.807, 2.05) is 25.1 Å². The van der Waals surface area contributed by atoms with Crippen LogP contribution < -0.4 is 11.1 Å². The molecule has 1 aliphatic rings. The van der Waals surface area contributed by atoms with Crippen molar-refractivity contribution < 1.29 is 4.79 Å². The summed E-state index contributed by atoms with van der Waals surface area (Å²) in [5, 5.41) is 3.03. The monoisotopic (exact) mass is 310 g/mol. The van der Waals surface area contributed by atoms with Gasteiger partial charge >= 0.3 is 0 Å². The zero-order valence-corrected chi connectivity index (χ0v) is 12.2. The van der Waals surface area contributed by atoms with Crippen molar-refractivity contribution in [1.82, 2.24) is 0 Å². The van der Waals surface area contributed by atoms with Gasteiger partial charge in [-0.2, -0.15) is 0 Å². The van der Waals surface area contributed by atoms with Crippen molar-refractivity contribution in [2.24, 2.45) is 17.6 Å². The molecule has 1 amide bonds. The van der Waals surface area contributed by atoms with Crippen LogP contribution in [0.2, 0.25) is 0 Å². The largest absolute Gasteiger partial charge is 0.330 e. The smallest absolute Gasteiger partial charge is 0.227 e. The Balaban J connectivity index is 2.07. The zero-order valence-electron chi connectivity index (χ0n) is 10.6. The molecule has 0 unspecified atom stereocenters. The van der Waals surface area contributed by atoms with Gasteiger partial charge in [0.25, 0.3) is 0 Å². The third-order valence-corrected chi connectivity index (χ3v) is 4.24. The Kier molecular flexibility index (Phi) is 4.40. The Bertz CT molecular complexity index is 447. The molecule has 1 fully saturated rings. The summed E-state index contributed by atoms with van der Waals surface area (Å²) in [6.07, 6.45) is 3.15. The zero-order chi connectivity index (χ0) is 13.1. The second kappa shape index (κ2) is 5.85. The lowest BCUT2D eigenvalue weighted by atomic mass is 9.95. The standard InChI is InChI=1S/C14H19BrN2O/c1-9-7-11(15)5-6-13(9)17-14(18)12-4-2-3-10(12)8-16/h5-7,10,12H,2-4,8,16H2,1H3,(H,17,18)/t10-,12-/m1/s1. The van der Waals surface area contributed by atoms with Crippen LogP contribution in [0.1, 0.15) is 24.8 Å². The molecule has 0 saturated heterocycles. The number of rotatable bonds is 3. The Labute approximate surface area is 116 Å².